The van der Waals surface area contributed by atoms with Gasteiger partial charge in [-0.05, 0) is 42.0 Å². The van der Waals surface area contributed by atoms with Crippen molar-refractivity contribution in [2.75, 3.05) is 5.73 Å². The Labute approximate surface area is 132 Å². The molecule has 0 saturated carbocycles. The summed E-state index contributed by atoms with van der Waals surface area (Å²) in [7, 11) is 0. The van der Waals surface area contributed by atoms with Gasteiger partial charge in [0.25, 0.3) is 0 Å². The second-order valence-electron chi connectivity index (χ2n) is 4.59. The lowest BCUT2D eigenvalue weighted by Crippen LogP contribution is -1.94. The molecule has 3 nitrogen and oxygen atoms in total. The Hall–Kier alpha value is -1.91. The first-order chi connectivity index (χ1) is 10.2. The van der Waals surface area contributed by atoms with Crippen LogP contribution in [0.2, 0.25) is 5.02 Å². The molecule has 0 fully saturated rings. The SMILES string of the molecule is Nc1ccc(Cl)cc1SCc1ccc(-n2cccn2)cc1. The zero-order chi connectivity index (χ0) is 14.7. The Morgan fingerprint density at radius 1 is 1.14 bits per heavy atom. The van der Waals surface area contributed by atoms with E-state index in [1.54, 1.807) is 24.0 Å². The van der Waals surface area contributed by atoms with Gasteiger partial charge in [0.15, 0.2) is 0 Å². The number of nitrogens with two attached hydrogens (primary N) is 1. The number of hydrogen-bond acceptors (Lipinski definition) is 3. The summed E-state index contributed by atoms with van der Waals surface area (Å²) >= 11 is 7.68. The normalized spacial score (nSPS) is 10.7. The van der Waals surface area contributed by atoms with Gasteiger partial charge in [-0.25, -0.2) is 4.68 Å². The Morgan fingerprint density at radius 2 is 1.95 bits per heavy atom. The van der Waals surface area contributed by atoms with E-state index in [1.807, 2.05) is 29.1 Å². The summed E-state index contributed by atoms with van der Waals surface area (Å²) in [4.78, 5) is 1.01. The predicted molar refractivity (Wildman–Crippen MR) is 89.0 cm³/mol. The molecule has 0 saturated heterocycles. The molecule has 3 aromatic rings. The van der Waals surface area contributed by atoms with Crippen LogP contribution in [0.5, 0.6) is 0 Å². The summed E-state index contributed by atoms with van der Waals surface area (Å²) in [6.07, 6.45) is 3.70. The number of nitrogen functional groups attached to an aromatic ring is 1. The van der Waals surface area contributed by atoms with E-state index in [0.717, 1.165) is 22.0 Å². The molecule has 2 N–H and O–H groups in total. The Bertz CT molecular complexity index is 724. The molecule has 0 bridgehead atoms. The van der Waals surface area contributed by atoms with Crippen molar-refractivity contribution in [1.82, 2.24) is 9.78 Å². The van der Waals surface area contributed by atoms with Gasteiger partial charge >= 0.3 is 0 Å². The summed E-state index contributed by atoms with van der Waals surface area (Å²) in [5, 5.41) is 4.92. The smallest absolute Gasteiger partial charge is 0.0645 e. The quantitative estimate of drug-likeness (QED) is 0.573. The molecule has 1 aromatic heterocycles. The molecule has 1 heterocycles. The molecule has 21 heavy (non-hydrogen) atoms. The largest absolute Gasteiger partial charge is 0.398 e. The number of halogens is 1. The van der Waals surface area contributed by atoms with Crippen LogP contribution in [-0.2, 0) is 5.75 Å². The maximum atomic E-state index is 6.00. The fourth-order valence-electron chi connectivity index (χ4n) is 1.96. The molecule has 106 valence electrons. The van der Waals surface area contributed by atoms with Gasteiger partial charge in [0.1, 0.15) is 0 Å². The number of thioether (sulfide) groups is 1. The summed E-state index contributed by atoms with van der Waals surface area (Å²) in [5.41, 5.74) is 9.00. The van der Waals surface area contributed by atoms with Gasteiger partial charge < -0.3 is 5.73 Å². The monoisotopic (exact) mass is 315 g/mol. The minimum Gasteiger partial charge on any atom is -0.398 e. The Balaban J connectivity index is 1.70. The zero-order valence-electron chi connectivity index (χ0n) is 11.2. The Kier molecular flexibility index (Phi) is 4.18. The third-order valence-electron chi connectivity index (χ3n) is 3.08. The van der Waals surface area contributed by atoms with Gasteiger partial charge in [0.2, 0.25) is 0 Å². The third-order valence-corrected chi connectivity index (χ3v) is 4.45. The number of anilines is 1. The van der Waals surface area contributed by atoms with Crippen LogP contribution < -0.4 is 5.73 Å². The van der Waals surface area contributed by atoms with E-state index in [1.165, 1.54) is 5.56 Å². The molecule has 5 heteroatoms. The average Bonchev–Trinajstić information content (AvgIpc) is 3.03. The molecule has 0 aliphatic heterocycles. The van der Waals surface area contributed by atoms with Crippen molar-refractivity contribution in [3.05, 3.63) is 71.5 Å². The molecule has 0 amide bonds. The van der Waals surface area contributed by atoms with Gasteiger partial charge in [-0.3, -0.25) is 0 Å². The standard InChI is InChI=1S/C16H14ClN3S/c17-13-4-7-15(18)16(10-13)21-11-12-2-5-14(6-3-12)20-9-1-8-19-20/h1-10H,11,18H2. The molecule has 0 radical (unpaired) electrons. The van der Waals surface area contributed by atoms with Crippen LogP contribution in [0.4, 0.5) is 5.69 Å². The summed E-state index contributed by atoms with van der Waals surface area (Å²) in [6, 6.07) is 15.8. The fraction of sp³-hybridized carbons (Fsp3) is 0.0625. The predicted octanol–water partition coefficient (Wildman–Crippen LogP) is 4.40. The summed E-state index contributed by atoms with van der Waals surface area (Å²) in [5.74, 6) is 0.851. The van der Waals surface area contributed by atoms with Crippen LogP contribution in [0.3, 0.4) is 0 Å². The van der Waals surface area contributed by atoms with Crippen LogP contribution in [0.15, 0.2) is 65.8 Å². The van der Waals surface area contributed by atoms with Crippen molar-refractivity contribution in [3.8, 4) is 5.69 Å². The topological polar surface area (TPSA) is 43.8 Å². The number of rotatable bonds is 4. The van der Waals surface area contributed by atoms with Crippen LogP contribution in [0, 0.1) is 0 Å². The van der Waals surface area contributed by atoms with Crippen molar-refractivity contribution in [1.29, 1.82) is 0 Å². The molecule has 2 aromatic carbocycles. The van der Waals surface area contributed by atoms with E-state index in [-0.39, 0.29) is 0 Å². The molecule has 0 aliphatic rings. The van der Waals surface area contributed by atoms with Crippen LogP contribution in [0.1, 0.15) is 5.56 Å². The van der Waals surface area contributed by atoms with E-state index < -0.39 is 0 Å². The van der Waals surface area contributed by atoms with E-state index in [2.05, 4.69) is 29.4 Å². The molecule has 0 aliphatic carbocycles. The molecular formula is C16H14ClN3S. The summed E-state index contributed by atoms with van der Waals surface area (Å²) < 4.78 is 1.84. The maximum absolute atomic E-state index is 6.00. The van der Waals surface area contributed by atoms with Crippen molar-refractivity contribution in [3.63, 3.8) is 0 Å². The average molecular weight is 316 g/mol. The minimum absolute atomic E-state index is 0.709. The second-order valence-corrected chi connectivity index (χ2v) is 6.04. The molecule has 0 unspecified atom stereocenters. The van der Waals surface area contributed by atoms with Gasteiger partial charge in [-0.15, -0.1) is 11.8 Å². The van der Waals surface area contributed by atoms with E-state index in [9.17, 15) is 0 Å². The minimum atomic E-state index is 0.709. The van der Waals surface area contributed by atoms with Gasteiger partial charge in [-0.2, -0.15) is 5.10 Å². The lowest BCUT2D eigenvalue weighted by atomic mass is 10.2. The van der Waals surface area contributed by atoms with Crippen molar-refractivity contribution >= 4 is 29.1 Å². The van der Waals surface area contributed by atoms with Gasteiger partial charge in [0.05, 0.1) is 5.69 Å². The number of benzene rings is 2. The molecule has 0 atom stereocenters. The maximum Gasteiger partial charge on any atom is 0.0645 e. The highest BCUT2D eigenvalue weighted by atomic mass is 35.5. The van der Waals surface area contributed by atoms with Gasteiger partial charge in [-0.1, -0.05) is 23.7 Å². The first kappa shape index (κ1) is 14.0. The summed E-state index contributed by atoms with van der Waals surface area (Å²) in [6.45, 7) is 0. The van der Waals surface area contributed by atoms with E-state index in [0.29, 0.717) is 5.02 Å². The van der Waals surface area contributed by atoms with E-state index >= 15 is 0 Å². The zero-order valence-corrected chi connectivity index (χ0v) is 12.8. The molecule has 0 spiro atoms. The highest BCUT2D eigenvalue weighted by Gasteiger charge is 2.03. The number of nitrogens with zero attached hydrogens (tertiary/aromatic N) is 2. The highest BCUT2D eigenvalue weighted by molar-refractivity contribution is 7.98. The first-order valence-corrected chi connectivity index (χ1v) is 7.85. The molecule has 3 rings (SSSR count). The van der Waals surface area contributed by atoms with Gasteiger partial charge in [0, 0.05) is 33.8 Å². The van der Waals surface area contributed by atoms with E-state index in [4.69, 9.17) is 17.3 Å². The number of aromatic nitrogens is 2. The lowest BCUT2D eigenvalue weighted by molar-refractivity contribution is 0.880. The lowest BCUT2D eigenvalue weighted by Gasteiger charge is -2.07. The highest BCUT2D eigenvalue weighted by Crippen LogP contribution is 2.30. The van der Waals surface area contributed by atoms with Crippen molar-refractivity contribution in [2.24, 2.45) is 0 Å². The van der Waals surface area contributed by atoms with Crippen LogP contribution >= 0.6 is 23.4 Å². The molecular weight excluding hydrogens is 302 g/mol. The second kappa shape index (κ2) is 6.24. The first-order valence-electron chi connectivity index (χ1n) is 6.49. The fourth-order valence-corrected chi connectivity index (χ4v) is 3.16. The third kappa shape index (κ3) is 3.40. The van der Waals surface area contributed by atoms with Crippen LogP contribution in [0.25, 0.3) is 5.69 Å². The van der Waals surface area contributed by atoms with Crippen LogP contribution in [-0.4, -0.2) is 9.78 Å². The van der Waals surface area contributed by atoms with Crippen molar-refractivity contribution in [2.45, 2.75) is 10.6 Å². The van der Waals surface area contributed by atoms with Crippen molar-refractivity contribution < 1.29 is 0 Å². The Morgan fingerprint density at radius 3 is 2.67 bits per heavy atom. The number of hydrogen-bond donors (Lipinski definition) is 1.